The summed E-state index contributed by atoms with van der Waals surface area (Å²) in [5, 5.41) is 9.31. The van der Waals surface area contributed by atoms with Gasteiger partial charge in [-0.3, -0.25) is 4.79 Å². The highest BCUT2D eigenvalue weighted by molar-refractivity contribution is 5.79. The van der Waals surface area contributed by atoms with Crippen LogP contribution >= 0.6 is 0 Å². The number of fused-ring (bicyclic) bond motifs is 1. The Hall–Kier alpha value is -1.55. The van der Waals surface area contributed by atoms with Gasteiger partial charge in [-0.1, -0.05) is 6.07 Å². The SMILES string of the molecule is NC(COc1ccc2c(c1)CCCC2)(C(=O)O)C1CC1. The Morgan fingerprint density at radius 1 is 1.30 bits per heavy atom. The average Bonchev–Trinajstić information content (AvgIpc) is 3.29. The molecular formula is C16H21NO3. The van der Waals surface area contributed by atoms with Crippen LogP contribution in [-0.2, 0) is 17.6 Å². The summed E-state index contributed by atoms with van der Waals surface area (Å²) in [6, 6.07) is 6.07. The molecule has 0 aromatic heterocycles. The molecule has 0 spiro atoms. The predicted molar refractivity (Wildman–Crippen MR) is 75.9 cm³/mol. The van der Waals surface area contributed by atoms with Gasteiger partial charge < -0.3 is 15.6 Å². The normalized spacial score (nSPS) is 20.9. The van der Waals surface area contributed by atoms with E-state index in [1.54, 1.807) is 0 Å². The summed E-state index contributed by atoms with van der Waals surface area (Å²) < 4.78 is 5.69. The van der Waals surface area contributed by atoms with Crippen LogP contribution in [0.5, 0.6) is 5.75 Å². The van der Waals surface area contributed by atoms with E-state index < -0.39 is 11.5 Å². The maximum atomic E-state index is 11.4. The van der Waals surface area contributed by atoms with E-state index in [9.17, 15) is 9.90 Å². The molecule has 1 unspecified atom stereocenters. The van der Waals surface area contributed by atoms with Gasteiger partial charge in [0.15, 0.2) is 5.54 Å². The molecule has 1 aromatic rings. The third-order valence-electron chi connectivity index (χ3n) is 4.50. The summed E-state index contributed by atoms with van der Waals surface area (Å²) >= 11 is 0. The van der Waals surface area contributed by atoms with E-state index in [-0.39, 0.29) is 12.5 Å². The molecule has 1 fully saturated rings. The second-order valence-electron chi connectivity index (χ2n) is 6.05. The van der Waals surface area contributed by atoms with Gasteiger partial charge in [-0.25, -0.2) is 0 Å². The van der Waals surface area contributed by atoms with Crippen LogP contribution in [0.2, 0.25) is 0 Å². The number of hydrogen-bond acceptors (Lipinski definition) is 3. The van der Waals surface area contributed by atoms with E-state index in [1.807, 2.05) is 12.1 Å². The van der Waals surface area contributed by atoms with Crippen LogP contribution in [0.15, 0.2) is 18.2 Å². The minimum absolute atomic E-state index is 0.0474. The molecule has 0 bridgehead atoms. The summed E-state index contributed by atoms with van der Waals surface area (Å²) in [5.74, 6) is -0.169. The van der Waals surface area contributed by atoms with Crippen molar-refractivity contribution in [1.82, 2.24) is 0 Å². The fourth-order valence-electron chi connectivity index (χ4n) is 2.96. The van der Waals surface area contributed by atoms with Crippen LogP contribution in [0.3, 0.4) is 0 Å². The molecule has 3 N–H and O–H groups in total. The Balaban J connectivity index is 1.70. The number of aryl methyl sites for hydroxylation is 2. The maximum absolute atomic E-state index is 11.4. The van der Waals surface area contributed by atoms with Gasteiger partial charge in [-0.05, 0) is 67.7 Å². The topological polar surface area (TPSA) is 72.5 Å². The third-order valence-corrected chi connectivity index (χ3v) is 4.50. The molecule has 0 aliphatic heterocycles. The largest absolute Gasteiger partial charge is 0.491 e. The lowest BCUT2D eigenvalue weighted by Gasteiger charge is -2.25. The molecule has 0 heterocycles. The lowest BCUT2D eigenvalue weighted by Crippen LogP contribution is -2.54. The number of hydrogen-bond donors (Lipinski definition) is 2. The zero-order valence-corrected chi connectivity index (χ0v) is 11.6. The van der Waals surface area contributed by atoms with Gasteiger partial charge in [0, 0.05) is 0 Å². The Labute approximate surface area is 118 Å². The van der Waals surface area contributed by atoms with Gasteiger partial charge in [0.2, 0.25) is 0 Å². The first kappa shape index (κ1) is 13.4. The number of carboxylic acids is 1. The maximum Gasteiger partial charge on any atom is 0.327 e. The molecule has 1 saturated carbocycles. The standard InChI is InChI=1S/C16H21NO3/c17-16(15(18)19,13-6-7-13)10-20-14-8-5-11-3-1-2-4-12(11)9-14/h5,8-9,13H,1-4,6-7,10,17H2,(H,18,19). The zero-order valence-electron chi connectivity index (χ0n) is 11.6. The van der Waals surface area contributed by atoms with E-state index in [1.165, 1.54) is 24.0 Å². The van der Waals surface area contributed by atoms with Crippen molar-refractivity contribution >= 4 is 5.97 Å². The van der Waals surface area contributed by atoms with Gasteiger partial charge in [0.1, 0.15) is 12.4 Å². The van der Waals surface area contributed by atoms with E-state index in [0.717, 1.165) is 31.4 Å². The van der Waals surface area contributed by atoms with Crippen LogP contribution in [0.1, 0.15) is 36.8 Å². The quantitative estimate of drug-likeness (QED) is 0.863. The molecule has 1 atom stereocenters. The van der Waals surface area contributed by atoms with Gasteiger partial charge in [-0.2, -0.15) is 0 Å². The highest BCUT2D eigenvalue weighted by atomic mass is 16.5. The molecule has 3 rings (SSSR count). The van der Waals surface area contributed by atoms with Crippen molar-refractivity contribution in [3.63, 3.8) is 0 Å². The lowest BCUT2D eigenvalue weighted by molar-refractivity contribution is -0.145. The van der Waals surface area contributed by atoms with Crippen LogP contribution in [0.25, 0.3) is 0 Å². The summed E-state index contributed by atoms with van der Waals surface area (Å²) in [5.41, 5.74) is 7.49. The van der Waals surface area contributed by atoms with E-state index in [2.05, 4.69) is 6.07 Å². The van der Waals surface area contributed by atoms with Crippen molar-refractivity contribution in [2.45, 2.75) is 44.1 Å². The molecule has 0 amide bonds. The van der Waals surface area contributed by atoms with Crippen molar-refractivity contribution < 1.29 is 14.6 Å². The van der Waals surface area contributed by atoms with Gasteiger partial charge in [-0.15, -0.1) is 0 Å². The lowest BCUT2D eigenvalue weighted by atomic mass is 9.91. The highest BCUT2D eigenvalue weighted by Gasteiger charge is 2.49. The van der Waals surface area contributed by atoms with Gasteiger partial charge >= 0.3 is 5.97 Å². The molecule has 1 aromatic carbocycles. The number of carboxylic acid groups (broad SMARTS) is 1. The summed E-state index contributed by atoms with van der Waals surface area (Å²) in [6.45, 7) is 0.0474. The molecular weight excluding hydrogens is 254 g/mol. The number of ether oxygens (including phenoxy) is 1. The van der Waals surface area contributed by atoms with Crippen LogP contribution in [0, 0.1) is 5.92 Å². The average molecular weight is 275 g/mol. The smallest absolute Gasteiger partial charge is 0.327 e. The molecule has 2 aliphatic carbocycles. The molecule has 4 heteroatoms. The second kappa shape index (κ2) is 5.09. The van der Waals surface area contributed by atoms with E-state index in [4.69, 9.17) is 10.5 Å². The van der Waals surface area contributed by atoms with Crippen LogP contribution in [-0.4, -0.2) is 23.2 Å². The number of rotatable bonds is 5. The van der Waals surface area contributed by atoms with Crippen molar-refractivity contribution in [1.29, 1.82) is 0 Å². The monoisotopic (exact) mass is 275 g/mol. The van der Waals surface area contributed by atoms with Crippen molar-refractivity contribution in [2.75, 3.05) is 6.61 Å². The summed E-state index contributed by atoms with van der Waals surface area (Å²) in [6.07, 6.45) is 6.45. The van der Waals surface area contributed by atoms with Crippen molar-refractivity contribution in [3.05, 3.63) is 29.3 Å². The van der Waals surface area contributed by atoms with Crippen molar-refractivity contribution in [2.24, 2.45) is 11.7 Å². The molecule has 0 radical (unpaired) electrons. The van der Waals surface area contributed by atoms with E-state index in [0.29, 0.717) is 0 Å². The minimum Gasteiger partial charge on any atom is -0.491 e. The summed E-state index contributed by atoms with van der Waals surface area (Å²) in [4.78, 5) is 11.4. The molecule has 108 valence electrons. The number of aliphatic carboxylic acids is 1. The molecule has 2 aliphatic rings. The number of carbonyl (C=O) groups is 1. The van der Waals surface area contributed by atoms with E-state index >= 15 is 0 Å². The minimum atomic E-state index is -1.24. The molecule has 4 nitrogen and oxygen atoms in total. The Morgan fingerprint density at radius 3 is 2.65 bits per heavy atom. The molecule has 20 heavy (non-hydrogen) atoms. The van der Waals surface area contributed by atoms with Gasteiger partial charge in [0.25, 0.3) is 0 Å². The fraction of sp³-hybridized carbons (Fsp3) is 0.562. The van der Waals surface area contributed by atoms with Crippen LogP contribution in [0.4, 0.5) is 0 Å². The predicted octanol–water partition coefficient (Wildman–Crippen LogP) is 2.14. The molecule has 0 saturated heterocycles. The van der Waals surface area contributed by atoms with Crippen LogP contribution < -0.4 is 10.5 Å². The third kappa shape index (κ3) is 2.52. The highest BCUT2D eigenvalue weighted by Crippen LogP contribution is 2.39. The Morgan fingerprint density at radius 2 is 2.00 bits per heavy atom. The number of benzene rings is 1. The first-order valence-corrected chi connectivity index (χ1v) is 7.36. The summed E-state index contributed by atoms with van der Waals surface area (Å²) in [7, 11) is 0. The Kier molecular flexibility index (Phi) is 3.42. The fourth-order valence-corrected chi connectivity index (χ4v) is 2.96. The zero-order chi connectivity index (χ0) is 14.2. The number of nitrogens with two attached hydrogens (primary N) is 1. The van der Waals surface area contributed by atoms with Gasteiger partial charge in [0.05, 0.1) is 0 Å². The first-order chi connectivity index (χ1) is 9.59. The first-order valence-electron chi connectivity index (χ1n) is 7.36. The van der Waals surface area contributed by atoms with Crippen molar-refractivity contribution in [3.8, 4) is 5.75 Å². The Bertz CT molecular complexity index is 524. The second-order valence-corrected chi connectivity index (χ2v) is 6.05.